The molecule has 0 saturated heterocycles. The van der Waals surface area contributed by atoms with E-state index in [0.717, 1.165) is 5.56 Å². The van der Waals surface area contributed by atoms with E-state index in [-0.39, 0.29) is 5.75 Å². The third-order valence-corrected chi connectivity index (χ3v) is 7.88. The minimum atomic E-state index is -5.81. The molecule has 0 fully saturated rings. The molecule has 5 nitrogen and oxygen atoms in total. The van der Waals surface area contributed by atoms with Crippen LogP contribution in [0.2, 0.25) is 19.6 Å². The van der Waals surface area contributed by atoms with Crippen molar-refractivity contribution in [2.75, 3.05) is 0 Å². The van der Waals surface area contributed by atoms with Crippen LogP contribution in [-0.2, 0) is 10.1 Å². The van der Waals surface area contributed by atoms with E-state index in [1.807, 2.05) is 70.7 Å². The first kappa shape index (κ1) is 23.6. The van der Waals surface area contributed by atoms with Crippen molar-refractivity contribution in [1.82, 2.24) is 5.06 Å². The zero-order chi connectivity index (χ0) is 23.4. The standard InChI is InChI=1S/C21H26F3NO4SSi/c1-20(2,3)25-19(14-10-8-7-9-11-14)15-12-17(29-30(26,27)21(22,23)24)18(31(4,5)6)13-16(15)28-25/h7-13,19H,1-6H3. The van der Waals surface area contributed by atoms with E-state index >= 15 is 0 Å². The van der Waals surface area contributed by atoms with Gasteiger partial charge in [0.2, 0.25) is 0 Å². The molecule has 2 aromatic carbocycles. The minimum absolute atomic E-state index is 0.296. The Morgan fingerprint density at radius 1 is 1.03 bits per heavy atom. The number of fused-ring (bicyclic) bond motifs is 1. The first-order chi connectivity index (χ1) is 14.0. The van der Waals surface area contributed by atoms with Crippen molar-refractivity contribution in [2.24, 2.45) is 0 Å². The van der Waals surface area contributed by atoms with E-state index in [2.05, 4.69) is 4.18 Å². The Hall–Kier alpha value is -2.04. The molecule has 1 aliphatic heterocycles. The molecule has 0 aliphatic carbocycles. The molecule has 0 radical (unpaired) electrons. The Balaban J connectivity index is 2.23. The molecule has 1 heterocycles. The van der Waals surface area contributed by atoms with Crippen LogP contribution in [0.1, 0.15) is 37.9 Å². The van der Waals surface area contributed by atoms with Crippen LogP contribution in [0.3, 0.4) is 0 Å². The van der Waals surface area contributed by atoms with E-state index < -0.39 is 35.3 Å². The molecule has 31 heavy (non-hydrogen) atoms. The lowest BCUT2D eigenvalue weighted by molar-refractivity contribution is -0.128. The van der Waals surface area contributed by atoms with E-state index in [1.165, 1.54) is 6.07 Å². The van der Waals surface area contributed by atoms with Crippen LogP contribution in [0.4, 0.5) is 13.2 Å². The number of rotatable bonds is 4. The van der Waals surface area contributed by atoms with Gasteiger partial charge in [-0.3, -0.25) is 0 Å². The normalized spacial score (nSPS) is 17.9. The van der Waals surface area contributed by atoms with Gasteiger partial charge in [0.05, 0.1) is 8.07 Å². The van der Waals surface area contributed by atoms with Gasteiger partial charge in [-0.05, 0) is 43.7 Å². The summed E-state index contributed by atoms with van der Waals surface area (Å²) in [6.07, 6.45) is 0. The topological polar surface area (TPSA) is 55.8 Å². The number of halogens is 3. The molecule has 0 aromatic heterocycles. The molecule has 1 aliphatic rings. The molecule has 0 amide bonds. The number of hydroxylamine groups is 2. The molecule has 170 valence electrons. The molecule has 0 N–H and O–H groups in total. The predicted octanol–water partition coefficient (Wildman–Crippen LogP) is 4.96. The van der Waals surface area contributed by atoms with Crippen molar-refractivity contribution in [2.45, 2.75) is 57.5 Å². The number of hydrogen-bond donors (Lipinski definition) is 0. The van der Waals surface area contributed by atoms with Crippen LogP contribution in [-0.4, -0.2) is 32.6 Å². The lowest BCUT2D eigenvalue weighted by Crippen LogP contribution is -2.43. The summed E-state index contributed by atoms with van der Waals surface area (Å²) in [5, 5.41) is 2.20. The fourth-order valence-corrected chi connectivity index (χ4v) is 5.42. The maximum absolute atomic E-state index is 13.0. The Kier molecular flexibility index (Phi) is 5.73. The SMILES string of the molecule is CC(C)(C)N1Oc2cc([Si](C)(C)C)c(OS(=O)(=O)C(F)(F)F)cc2C1c1ccccc1. The summed E-state index contributed by atoms with van der Waals surface area (Å²) in [7, 11) is -8.11. The first-order valence-corrected chi connectivity index (χ1v) is 14.6. The number of benzene rings is 2. The molecule has 2 aromatic rings. The van der Waals surface area contributed by atoms with Crippen molar-refractivity contribution in [1.29, 1.82) is 0 Å². The monoisotopic (exact) mass is 473 g/mol. The zero-order valence-corrected chi connectivity index (χ0v) is 20.1. The van der Waals surface area contributed by atoms with Crippen LogP contribution in [0, 0.1) is 0 Å². The van der Waals surface area contributed by atoms with Crippen LogP contribution < -0.4 is 14.2 Å². The predicted molar refractivity (Wildman–Crippen MR) is 116 cm³/mol. The fourth-order valence-electron chi connectivity index (χ4n) is 3.45. The van der Waals surface area contributed by atoms with Gasteiger partial charge < -0.3 is 9.02 Å². The highest BCUT2D eigenvalue weighted by atomic mass is 32.2. The van der Waals surface area contributed by atoms with Gasteiger partial charge in [0.25, 0.3) is 0 Å². The van der Waals surface area contributed by atoms with Crippen molar-refractivity contribution < 1.29 is 30.6 Å². The maximum atomic E-state index is 13.0. The second kappa shape index (κ2) is 7.53. The second-order valence-corrected chi connectivity index (χ2v) is 16.1. The van der Waals surface area contributed by atoms with Crippen LogP contribution in [0.25, 0.3) is 0 Å². The minimum Gasteiger partial charge on any atom is -0.404 e. The summed E-state index contributed by atoms with van der Waals surface area (Å²) in [6, 6.07) is 11.9. The second-order valence-electron chi connectivity index (χ2n) is 9.52. The lowest BCUT2D eigenvalue weighted by atomic mass is 9.95. The molecular weight excluding hydrogens is 447 g/mol. The number of nitrogens with zero attached hydrogens (tertiary/aromatic N) is 1. The largest absolute Gasteiger partial charge is 0.534 e. The average Bonchev–Trinajstić information content (AvgIpc) is 2.98. The van der Waals surface area contributed by atoms with Crippen molar-refractivity contribution in [3.05, 3.63) is 53.6 Å². The summed E-state index contributed by atoms with van der Waals surface area (Å²) < 4.78 is 67.4. The van der Waals surface area contributed by atoms with Gasteiger partial charge >= 0.3 is 15.6 Å². The summed E-state index contributed by atoms with van der Waals surface area (Å²) in [5.41, 5.74) is -4.55. The Labute approximate surface area is 181 Å². The molecule has 10 heteroatoms. The number of hydrogen-bond acceptors (Lipinski definition) is 5. The van der Waals surface area contributed by atoms with Gasteiger partial charge in [-0.1, -0.05) is 50.0 Å². The van der Waals surface area contributed by atoms with Gasteiger partial charge in [-0.2, -0.15) is 21.6 Å². The third-order valence-electron chi connectivity index (χ3n) is 4.91. The molecule has 0 saturated carbocycles. The molecule has 3 rings (SSSR count). The zero-order valence-electron chi connectivity index (χ0n) is 18.2. The summed E-state index contributed by atoms with van der Waals surface area (Å²) in [6.45, 7) is 11.6. The molecule has 1 atom stereocenters. The van der Waals surface area contributed by atoms with Gasteiger partial charge in [-0.25, -0.2) is 0 Å². The van der Waals surface area contributed by atoms with Crippen molar-refractivity contribution in [3.63, 3.8) is 0 Å². The van der Waals surface area contributed by atoms with E-state index in [9.17, 15) is 21.6 Å². The van der Waals surface area contributed by atoms with E-state index in [1.54, 1.807) is 11.1 Å². The lowest BCUT2D eigenvalue weighted by Gasteiger charge is -2.34. The quantitative estimate of drug-likeness (QED) is 0.357. The molecular formula is C21H26F3NO4SSi. The van der Waals surface area contributed by atoms with Gasteiger partial charge in [0, 0.05) is 11.1 Å². The van der Waals surface area contributed by atoms with E-state index in [4.69, 9.17) is 4.84 Å². The highest BCUT2D eigenvalue weighted by molar-refractivity contribution is 7.88. The Bertz CT molecular complexity index is 1070. The van der Waals surface area contributed by atoms with E-state index in [0.29, 0.717) is 16.5 Å². The summed E-state index contributed by atoms with van der Waals surface area (Å²) >= 11 is 0. The van der Waals surface area contributed by atoms with Crippen LogP contribution in [0.15, 0.2) is 42.5 Å². The molecule has 1 unspecified atom stereocenters. The molecule has 0 bridgehead atoms. The highest BCUT2D eigenvalue weighted by Crippen LogP contribution is 2.46. The average molecular weight is 474 g/mol. The Morgan fingerprint density at radius 2 is 1.61 bits per heavy atom. The van der Waals surface area contributed by atoms with Crippen molar-refractivity contribution >= 4 is 23.4 Å². The highest BCUT2D eigenvalue weighted by Gasteiger charge is 2.50. The first-order valence-electron chi connectivity index (χ1n) is 9.74. The smallest absolute Gasteiger partial charge is 0.404 e. The summed E-state index contributed by atoms with van der Waals surface area (Å²) in [4.78, 5) is 6.15. The van der Waals surface area contributed by atoms with Crippen molar-refractivity contribution in [3.8, 4) is 11.5 Å². The van der Waals surface area contributed by atoms with Crippen LogP contribution in [0.5, 0.6) is 11.5 Å². The van der Waals surface area contributed by atoms with Crippen LogP contribution >= 0.6 is 0 Å². The Morgan fingerprint density at radius 3 is 2.10 bits per heavy atom. The van der Waals surface area contributed by atoms with Gasteiger partial charge in [0.1, 0.15) is 11.8 Å². The van der Waals surface area contributed by atoms with Gasteiger partial charge in [0.15, 0.2) is 5.75 Å². The maximum Gasteiger partial charge on any atom is 0.534 e. The fraction of sp³-hybridized carbons (Fsp3) is 0.429. The number of alkyl halides is 3. The molecule has 0 spiro atoms. The van der Waals surface area contributed by atoms with Gasteiger partial charge in [-0.15, -0.1) is 5.06 Å². The third kappa shape index (κ3) is 4.60. The summed E-state index contributed by atoms with van der Waals surface area (Å²) in [5.74, 6) is 0.188.